The normalized spacial score (nSPS) is 11.4. The third kappa shape index (κ3) is 6.80. The fraction of sp³-hybridized carbons (Fsp3) is 0.647. The Bertz CT molecular complexity index is 311. The minimum absolute atomic E-state index is 0.611. The second kappa shape index (κ2) is 8.31. The Kier molecular flexibility index (Phi) is 7.04. The molecule has 0 spiro atoms. The average Bonchev–Trinajstić information content (AvgIpc) is 2.30. The van der Waals surface area contributed by atoms with Crippen molar-refractivity contribution >= 4 is 0 Å². The van der Waals surface area contributed by atoms with Crippen LogP contribution in [0.15, 0.2) is 24.3 Å². The highest BCUT2D eigenvalue weighted by Gasteiger charge is 1.99. The molecule has 0 radical (unpaired) electrons. The van der Waals surface area contributed by atoms with Gasteiger partial charge in [-0.2, -0.15) is 0 Å². The standard InChI is InChI=1S/C17H29N/c1-14(2)13-17-10-8-16(9-11-17)7-5-6-12-18-15(3)4/h8-11,14-15,18H,5-7,12-13H2,1-4H3. The maximum atomic E-state index is 3.46. The summed E-state index contributed by atoms with van der Waals surface area (Å²) in [5, 5.41) is 3.46. The van der Waals surface area contributed by atoms with Crippen molar-refractivity contribution in [1.82, 2.24) is 5.32 Å². The lowest BCUT2D eigenvalue weighted by atomic mass is 10.00. The molecule has 0 heterocycles. The van der Waals surface area contributed by atoms with Crippen LogP contribution in [0.1, 0.15) is 51.7 Å². The molecule has 0 amide bonds. The van der Waals surface area contributed by atoms with Crippen molar-refractivity contribution in [3.63, 3.8) is 0 Å². The summed E-state index contributed by atoms with van der Waals surface area (Å²) in [5.74, 6) is 0.748. The molecular formula is C17H29N. The van der Waals surface area contributed by atoms with E-state index in [0.29, 0.717) is 6.04 Å². The summed E-state index contributed by atoms with van der Waals surface area (Å²) in [5.41, 5.74) is 2.95. The van der Waals surface area contributed by atoms with Gasteiger partial charge in [0.05, 0.1) is 0 Å². The molecule has 102 valence electrons. The molecule has 1 rings (SSSR count). The second-order valence-electron chi connectivity index (χ2n) is 5.98. The highest BCUT2D eigenvalue weighted by molar-refractivity contribution is 5.22. The zero-order valence-corrected chi connectivity index (χ0v) is 12.5. The number of nitrogens with one attached hydrogen (secondary N) is 1. The largest absolute Gasteiger partial charge is 0.315 e. The van der Waals surface area contributed by atoms with Crippen LogP contribution < -0.4 is 5.32 Å². The predicted octanol–water partition coefficient (Wildman–Crippen LogP) is 4.21. The molecule has 0 atom stereocenters. The van der Waals surface area contributed by atoms with Gasteiger partial charge in [-0.1, -0.05) is 52.0 Å². The van der Waals surface area contributed by atoms with Crippen LogP contribution >= 0.6 is 0 Å². The van der Waals surface area contributed by atoms with E-state index in [0.717, 1.165) is 12.5 Å². The quantitative estimate of drug-likeness (QED) is 0.679. The lowest BCUT2D eigenvalue weighted by Crippen LogP contribution is -2.23. The molecule has 0 aliphatic carbocycles. The topological polar surface area (TPSA) is 12.0 Å². The smallest absolute Gasteiger partial charge is 0.00103 e. The maximum absolute atomic E-state index is 3.46. The SMILES string of the molecule is CC(C)Cc1ccc(CCCCNC(C)C)cc1. The molecule has 0 saturated heterocycles. The first-order chi connectivity index (χ1) is 8.58. The summed E-state index contributed by atoms with van der Waals surface area (Å²) in [4.78, 5) is 0. The minimum atomic E-state index is 0.611. The summed E-state index contributed by atoms with van der Waals surface area (Å²) in [7, 11) is 0. The summed E-state index contributed by atoms with van der Waals surface area (Å²) in [6.45, 7) is 10.1. The summed E-state index contributed by atoms with van der Waals surface area (Å²) >= 11 is 0. The molecule has 1 aromatic carbocycles. The highest BCUT2D eigenvalue weighted by atomic mass is 14.9. The van der Waals surface area contributed by atoms with Gasteiger partial charge in [-0.25, -0.2) is 0 Å². The number of hydrogen-bond donors (Lipinski definition) is 1. The molecule has 1 heteroatoms. The monoisotopic (exact) mass is 247 g/mol. The van der Waals surface area contributed by atoms with Crippen LogP contribution in [-0.2, 0) is 12.8 Å². The van der Waals surface area contributed by atoms with E-state index in [1.807, 2.05) is 0 Å². The van der Waals surface area contributed by atoms with Crippen LogP contribution in [0.4, 0.5) is 0 Å². The number of unbranched alkanes of at least 4 members (excludes halogenated alkanes) is 1. The molecule has 1 N–H and O–H groups in total. The number of rotatable bonds is 8. The Morgan fingerprint density at radius 1 is 0.889 bits per heavy atom. The first-order valence-electron chi connectivity index (χ1n) is 7.39. The van der Waals surface area contributed by atoms with E-state index in [2.05, 4.69) is 57.3 Å². The van der Waals surface area contributed by atoms with Crippen LogP contribution in [0.5, 0.6) is 0 Å². The molecule has 0 fully saturated rings. The lowest BCUT2D eigenvalue weighted by Gasteiger charge is -2.08. The predicted molar refractivity (Wildman–Crippen MR) is 81.1 cm³/mol. The van der Waals surface area contributed by atoms with Gasteiger partial charge in [0.25, 0.3) is 0 Å². The van der Waals surface area contributed by atoms with Crippen LogP contribution in [0.3, 0.4) is 0 Å². The molecule has 0 bridgehead atoms. The molecule has 0 aromatic heterocycles. The zero-order valence-electron chi connectivity index (χ0n) is 12.5. The molecule has 0 aliphatic rings. The second-order valence-corrected chi connectivity index (χ2v) is 5.98. The van der Waals surface area contributed by atoms with Crippen LogP contribution in [0.2, 0.25) is 0 Å². The molecular weight excluding hydrogens is 218 g/mol. The van der Waals surface area contributed by atoms with Gasteiger partial charge in [0.1, 0.15) is 0 Å². The Morgan fingerprint density at radius 2 is 1.50 bits per heavy atom. The van der Waals surface area contributed by atoms with Gasteiger partial charge < -0.3 is 5.32 Å². The number of hydrogen-bond acceptors (Lipinski definition) is 1. The van der Waals surface area contributed by atoms with Crippen LogP contribution in [0.25, 0.3) is 0 Å². The van der Waals surface area contributed by atoms with Gasteiger partial charge in [0.2, 0.25) is 0 Å². The van der Waals surface area contributed by atoms with Crippen molar-refractivity contribution < 1.29 is 0 Å². The number of aryl methyl sites for hydroxylation is 1. The van der Waals surface area contributed by atoms with Crippen LogP contribution in [0, 0.1) is 5.92 Å². The van der Waals surface area contributed by atoms with Crippen molar-refractivity contribution in [3.05, 3.63) is 35.4 Å². The van der Waals surface area contributed by atoms with E-state index in [9.17, 15) is 0 Å². The molecule has 0 saturated carbocycles. The van der Waals surface area contributed by atoms with E-state index >= 15 is 0 Å². The summed E-state index contributed by atoms with van der Waals surface area (Å²) in [6, 6.07) is 9.80. The van der Waals surface area contributed by atoms with Gasteiger partial charge in [-0.05, 0) is 49.3 Å². The molecule has 18 heavy (non-hydrogen) atoms. The summed E-state index contributed by atoms with van der Waals surface area (Å²) < 4.78 is 0. The van der Waals surface area contributed by atoms with Crippen molar-refractivity contribution in [2.24, 2.45) is 5.92 Å². The fourth-order valence-corrected chi connectivity index (χ4v) is 2.16. The van der Waals surface area contributed by atoms with Crippen molar-refractivity contribution in [2.45, 2.75) is 59.4 Å². The summed E-state index contributed by atoms with van der Waals surface area (Å²) in [6.07, 6.45) is 4.95. The Labute approximate surface area is 113 Å². The fourth-order valence-electron chi connectivity index (χ4n) is 2.16. The third-order valence-corrected chi connectivity index (χ3v) is 3.11. The first-order valence-corrected chi connectivity index (χ1v) is 7.39. The zero-order chi connectivity index (χ0) is 13.4. The van der Waals surface area contributed by atoms with Gasteiger partial charge in [-0.15, -0.1) is 0 Å². The van der Waals surface area contributed by atoms with Crippen molar-refractivity contribution in [2.75, 3.05) is 6.54 Å². The van der Waals surface area contributed by atoms with E-state index < -0.39 is 0 Å². The number of benzene rings is 1. The molecule has 1 aromatic rings. The minimum Gasteiger partial charge on any atom is -0.315 e. The van der Waals surface area contributed by atoms with E-state index in [1.165, 1.54) is 36.8 Å². The first kappa shape index (κ1) is 15.2. The Balaban J connectivity index is 2.22. The third-order valence-electron chi connectivity index (χ3n) is 3.11. The van der Waals surface area contributed by atoms with Crippen molar-refractivity contribution in [1.29, 1.82) is 0 Å². The highest BCUT2D eigenvalue weighted by Crippen LogP contribution is 2.11. The maximum Gasteiger partial charge on any atom is 0.00103 e. The van der Waals surface area contributed by atoms with Crippen LogP contribution in [-0.4, -0.2) is 12.6 Å². The molecule has 0 unspecified atom stereocenters. The van der Waals surface area contributed by atoms with Gasteiger partial charge >= 0.3 is 0 Å². The van der Waals surface area contributed by atoms with Gasteiger partial charge in [-0.3, -0.25) is 0 Å². The van der Waals surface area contributed by atoms with Gasteiger partial charge in [0, 0.05) is 6.04 Å². The Morgan fingerprint density at radius 3 is 2.06 bits per heavy atom. The van der Waals surface area contributed by atoms with Gasteiger partial charge in [0.15, 0.2) is 0 Å². The van der Waals surface area contributed by atoms with Crippen molar-refractivity contribution in [3.8, 4) is 0 Å². The van der Waals surface area contributed by atoms with E-state index in [-0.39, 0.29) is 0 Å². The molecule has 0 aliphatic heterocycles. The van der Waals surface area contributed by atoms with E-state index in [1.54, 1.807) is 0 Å². The lowest BCUT2D eigenvalue weighted by molar-refractivity contribution is 0.557. The van der Waals surface area contributed by atoms with E-state index in [4.69, 9.17) is 0 Å². The molecule has 1 nitrogen and oxygen atoms in total. The Hall–Kier alpha value is -0.820. The average molecular weight is 247 g/mol.